The van der Waals surface area contributed by atoms with Crippen molar-refractivity contribution in [2.75, 3.05) is 64.3 Å². The van der Waals surface area contributed by atoms with Crippen molar-refractivity contribution in [1.82, 2.24) is 25.0 Å². The van der Waals surface area contributed by atoms with Gasteiger partial charge in [0.2, 0.25) is 5.88 Å². The number of fused-ring (bicyclic) bond motifs is 1. The minimum Gasteiger partial charge on any atom is -0.495 e. The maximum Gasteiger partial charge on any atom is 0.318 e. The lowest BCUT2D eigenvalue weighted by molar-refractivity contribution is -0.124. The van der Waals surface area contributed by atoms with Gasteiger partial charge in [0.25, 0.3) is 15.9 Å². The molecule has 0 radical (unpaired) electrons. The zero-order valence-corrected chi connectivity index (χ0v) is 28.6. The molecule has 0 bridgehead atoms. The zero-order valence-electron chi connectivity index (χ0n) is 27.8. The summed E-state index contributed by atoms with van der Waals surface area (Å²) in [4.78, 5) is 39.9. The highest BCUT2D eigenvalue weighted by molar-refractivity contribution is 7.93. The monoisotopic (exact) mass is 685 g/mol. The van der Waals surface area contributed by atoms with E-state index >= 15 is 4.79 Å². The first-order valence-corrected chi connectivity index (χ1v) is 17.9. The van der Waals surface area contributed by atoms with Gasteiger partial charge < -0.3 is 24.6 Å². The Kier molecular flexibility index (Phi) is 8.25. The van der Waals surface area contributed by atoms with E-state index in [1.54, 1.807) is 30.0 Å². The molecule has 49 heavy (non-hydrogen) atoms. The number of sulfonamides is 1. The summed E-state index contributed by atoms with van der Waals surface area (Å²) in [6.45, 7) is 6.94. The molecular weight excluding hydrogens is 646 g/mol. The Bertz CT molecular complexity index is 1940. The van der Waals surface area contributed by atoms with E-state index in [2.05, 4.69) is 33.2 Å². The first kappa shape index (κ1) is 32.8. The van der Waals surface area contributed by atoms with Crippen LogP contribution >= 0.6 is 0 Å². The largest absolute Gasteiger partial charge is 0.495 e. The number of urea groups is 1. The third kappa shape index (κ3) is 5.27. The number of anilines is 1. The molecule has 1 N–H and O–H groups in total. The molecule has 0 aliphatic carbocycles. The van der Waals surface area contributed by atoms with Crippen molar-refractivity contribution in [1.29, 1.82) is 5.26 Å². The third-order valence-corrected chi connectivity index (χ3v) is 11.9. The first-order valence-electron chi connectivity index (χ1n) is 16.4. The summed E-state index contributed by atoms with van der Waals surface area (Å²) in [6.07, 6.45) is 3.76. The lowest BCUT2D eigenvalue weighted by Gasteiger charge is -2.62. The molecule has 1 aromatic heterocycles. The molecule has 13 nitrogen and oxygen atoms in total. The summed E-state index contributed by atoms with van der Waals surface area (Å²) < 4.78 is 40.8. The van der Waals surface area contributed by atoms with E-state index in [1.807, 2.05) is 0 Å². The van der Waals surface area contributed by atoms with Crippen molar-refractivity contribution >= 4 is 27.6 Å². The van der Waals surface area contributed by atoms with Gasteiger partial charge in [-0.05, 0) is 82.4 Å². The molecular formula is C35H39N7O6S. The van der Waals surface area contributed by atoms with E-state index in [9.17, 15) is 18.5 Å². The Balaban J connectivity index is 1.27. The quantitative estimate of drug-likeness (QED) is 0.375. The Morgan fingerprint density at radius 1 is 1.06 bits per heavy atom. The number of rotatable bonds is 8. The van der Waals surface area contributed by atoms with Gasteiger partial charge in [0.1, 0.15) is 10.6 Å². The van der Waals surface area contributed by atoms with Gasteiger partial charge in [0.05, 0.1) is 36.6 Å². The number of ether oxygens (including phenoxy) is 2. The van der Waals surface area contributed by atoms with Crippen LogP contribution in [0.1, 0.15) is 36.5 Å². The molecule has 1 spiro atoms. The molecule has 5 heterocycles. The maximum absolute atomic E-state index is 15.1. The van der Waals surface area contributed by atoms with Crippen molar-refractivity contribution in [3.05, 3.63) is 77.5 Å². The summed E-state index contributed by atoms with van der Waals surface area (Å²) in [6, 6.07) is 15.6. The third-order valence-electron chi connectivity index (χ3n) is 10.2. The van der Waals surface area contributed by atoms with E-state index in [0.717, 1.165) is 39.0 Å². The fraction of sp³-hybridized carbons (Fsp3) is 0.429. The molecule has 4 aliphatic heterocycles. The number of carbonyl (C=O) groups is 2. The topological polar surface area (TPSA) is 148 Å². The normalized spacial score (nSPS) is 22.2. The second-order valence-electron chi connectivity index (χ2n) is 13.3. The van der Waals surface area contributed by atoms with Crippen molar-refractivity contribution in [2.45, 2.75) is 36.2 Å². The molecule has 0 unspecified atom stereocenters. The number of hydrogen-bond donors (Lipinski definition) is 1. The number of para-hydroxylation sites is 1. The number of aromatic nitrogens is 1. The van der Waals surface area contributed by atoms with Crippen LogP contribution in [-0.2, 0) is 20.4 Å². The second-order valence-corrected chi connectivity index (χ2v) is 15.1. The summed E-state index contributed by atoms with van der Waals surface area (Å²) >= 11 is 0. The fourth-order valence-electron chi connectivity index (χ4n) is 7.79. The number of methoxy groups -OCH3 is 1. The van der Waals surface area contributed by atoms with Crippen LogP contribution in [0.25, 0.3) is 0 Å². The SMILES string of the molecule is CCOc1ncccc1[C@@]1(NC(=O)N2CC3(C2)CN(C2CCN(C)CC2)C3)C(=O)N(S(=O)(=O)c2ccccc2OC)c2ccc(C#N)cc21. The zero-order chi connectivity index (χ0) is 34.6. The van der Waals surface area contributed by atoms with E-state index in [0.29, 0.717) is 23.4 Å². The predicted octanol–water partition coefficient (Wildman–Crippen LogP) is 2.76. The highest BCUT2D eigenvalue weighted by atomic mass is 32.2. The Hall–Kier alpha value is -4.71. The lowest BCUT2D eigenvalue weighted by Crippen LogP contribution is -2.76. The van der Waals surface area contributed by atoms with Crippen LogP contribution in [0.15, 0.2) is 65.7 Å². The van der Waals surface area contributed by atoms with Crippen molar-refractivity contribution in [2.24, 2.45) is 5.41 Å². The van der Waals surface area contributed by atoms with Crippen molar-refractivity contribution in [3.63, 3.8) is 0 Å². The molecule has 3 fully saturated rings. The van der Waals surface area contributed by atoms with E-state index in [-0.39, 0.29) is 50.9 Å². The van der Waals surface area contributed by atoms with Crippen LogP contribution in [-0.4, -0.2) is 106 Å². The summed E-state index contributed by atoms with van der Waals surface area (Å²) in [7, 11) is -1.12. The van der Waals surface area contributed by atoms with Gasteiger partial charge >= 0.3 is 6.03 Å². The number of amides is 3. The lowest BCUT2D eigenvalue weighted by atomic mass is 9.71. The molecule has 1 atom stereocenters. The van der Waals surface area contributed by atoms with Crippen LogP contribution in [0.3, 0.4) is 0 Å². The number of hydrogen-bond acceptors (Lipinski definition) is 10. The number of nitriles is 1. The summed E-state index contributed by atoms with van der Waals surface area (Å²) in [5.41, 5.74) is -1.68. The molecule has 4 aliphatic rings. The van der Waals surface area contributed by atoms with Crippen molar-refractivity contribution < 1.29 is 27.5 Å². The van der Waals surface area contributed by atoms with Gasteiger partial charge in [0, 0.05) is 49.4 Å². The predicted molar refractivity (Wildman–Crippen MR) is 180 cm³/mol. The first-order chi connectivity index (χ1) is 23.6. The number of nitrogens with zero attached hydrogens (tertiary/aromatic N) is 6. The smallest absolute Gasteiger partial charge is 0.318 e. The number of nitrogens with one attached hydrogen (secondary N) is 1. The van der Waals surface area contributed by atoms with Crippen LogP contribution < -0.4 is 19.1 Å². The standard InChI is InChI=1S/C35H39N7O6S/c1-4-48-31-26(8-7-15-37-31)35(38-33(44)41-22-34(23-41)20-40(21-34)25-13-16-39(2)17-14-25)27-18-24(19-36)11-12-28(27)42(32(35)43)49(45,46)30-10-6-5-9-29(30)47-3/h5-12,15,18,25H,4,13-14,16-17,20-23H2,1-3H3,(H,38,44)/t35-/m0/s1. The van der Waals surface area contributed by atoms with Crippen LogP contribution in [0.4, 0.5) is 10.5 Å². The molecule has 256 valence electrons. The Morgan fingerprint density at radius 2 is 1.80 bits per heavy atom. The average molecular weight is 686 g/mol. The van der Waals surface area contributed by atoms with Crippen LogP contribution in [0, 0.1) is 16.7 Å². The van der Waals surface area contributed by atoms with Crippen LogP contribution in [0.5, 0.6) is 11.6 Å². The maximum atomic E-state index is 15.1. The molecule has 14 heteroatoms. The average Bonchev–Trinajstić information content (AvgIpc) is 3.32. The molecule has 3 saturated heterocycles. The Labute approximate surface area is 286 Å². The molecule has 2 aromatic carbocycles. The number of pyridine rings is 1. The molecule has 7 rings (SSSR count). The minimum absolute atomic E-state index is 0.00523. The fourth-order valence-corrected chi connectivity index (χ4v) is 9.41. The number of benzene rings is 2. The minimum atomic E-state index is -4.61. The van der Waals surface area contributed by atoms with Gasteiger partial charge in [-0.25, -0.2) is 18.2 Å². The van der Waals surface area contributed by atoms with Crippen LogP contribution in [0.2, 0.25) is 0 Å². The number of carbonyl (C=O) groups excluding carboxylic acids is 2. The number of likely N-dealkylation sites (tertiary alicyclic amines) is 3. The highest BCUT2D eigenvalue weighted by Crippen LogP contribution is 2.50. The van der Waals surface area contributed by atoms with Gasteiger partial charge in [-0.1, -0.05) is 12.1 Å². The molecule has 3 amide bonds. The van der Waals surface area contributed by atoms with E-state index in [1.165, 1.54) is 49.7 Å². The highest BCUT2D eigenvalue weighted by Gasteiger charge is 2.61. The van der Waals surface area contributed by atoms with E-state index in [4.69, 9.17) is 9.47 Å². The summed E-state index contributed by atoms with van der Waals surface area (Å²) in [5, 5.41) is 12.9. The molecule has 3 aromatic rings. The van der Waals surface area contributed by atoms with Crippen molar-refractivity contribution in [3.8, 4) is 17.7 Å². The number of piperidine rings is 1. The summed E-state index contributed by atoms with van der Waals surface area (Å²) in [5.74, 6) is -0.862. The van der Waals surface area contributed by atoms with Gasteiger partial charge in [-0.15, -0.1) is 0 Å². The Morgan fingerprint density at radius 3 is 2.49 bits per heavy atom. The van der Waals surface area contributed by atoms with E-state index < -0.39 is 27.5 Å². The van der Waals surface area contributed by atoms with Gasteiger partial charge in [-0.3, -0.25) is 9.69 Å². The van der Waals surface area contributed by atoms with Gasteiger partial charge in [-0.2, -0.15) is 9.57 Å². The molecule has 0 saturated carbocycles. The second kappa shape index (κ2) is 12.3. The van der Waals surface area contributed by atoms with Gasteiger partial charge in [0.15, 0.2) is 5.54 Å².